The first-order valence-electron chi connectivity index (χ1n) is 7.21. The van der Waals surface area contributed by atoms with E-state index in [2.05, 4.69) is 35.6 Å². The minimum Gasteiger partial charge on any atom is -0.349 e. The predicted octanol–water partition coefficient (Wildman–Crippen LogP) is 4.20. The molecule has 1 aromatic heterocycles. The van der Waals surface area contributed by atoms with Crippen LogP contribution in [0.2, 0.25) is 0 Å². The van der Waals surface area contributed by atoms with Crippen LogP contribution in [-0.2, 0) is 0 Å². The molecule has 1 amide bonds. The summed E-state index contributed by atoms with van der Waals surface area (Å²) in [7, 11) is 0. The summed E-state index contributed by atoms with van der Waals surface area (Å²) in [5.41, 5.74) is 2.23. The van der Waals surface area contributed by atoms with Gasteiger partial charge < -0.3 is 5.32 Å². The second kappa shape index (κ2) is 6.23. The zero-order valence-electron chi connectivity index (χ0n) is 11.4. The van der Waals surface area contributed by atoms with E-state index in [4.69, 9.17) is 0 Å². The molecule has 1 N–H and O–H groups in total. The molecule has 0 radical (unpaired) electrons. The van der Waals surface area contributed by atoms with Crippen molar-refractivity contribution in [3.8, 4) is 0 Å². The van der Waals surface area contributed by atoms with Crippen LogP contribution in [0.25, 0.3) is 0 Å². The van der Waals surface area contributed by atoms with Gasteiger partial charge in [0, 0.05) is 17.0 Å². The molecule has 0 unspecified atom stereocenters. The third kappa shape index (κ3) is 3.10. The maximum absolute atomic E-state index is 12.0. The lowest BCUT2D eigenvalue weighted by atomic mass is 9.82. The van der Waals surface area contributed by atoms with E-state index >= 15 is 0 Å². The summed E-state index contributed by atoms with van der Waals surface area (Å²) in [4.78, 5) is 12.0. The molecule has 3 heteroatoms. The molecular weight excluding hydrogens is 266 g/mol. The lowest BCUT2D eigenvalue weighted by Crippen LogP contribution is -2.37. The van der Waals surface area contributed by atoms with E-state index in [9.17, 15) is 4.79 Å². The zero-order valence-corrected chi connectivity index (χ0v) is 12.2. The standard InChI is InChI=1S/C17H19NOS/c19-17(15-10-11-20-12-15)18-16-8-6-14(7-9-16)13-4-2-1-3-5-13/h1-5,10-12,14,16H,6-9H2,(H,18,19). The Morgan fingerprint density at radius 1 is 1.05 bits per heavy atom. The number of amides is 1. The molecule has 2 nitrogen and oxygen atoms in total. The van der Waals surface area contributed by atoms with Gasteiger partial charge in [-0.1, -0.05) is 30.3 Å². The Hall–Kier alpha value is -1.61. The van der Waals surface area contributed by atoms with Crippen LogP contribution in [0, 0.1) is 0 Å². The van der Waals surface area contributed by atoms with E-state index in [1.807, 2.05) is 16.8 Å². The van der Waals surface area contributed by atoms with Gasteiger partial charge in [-0.2, -0.15) is 11.3 Å². The van der Waals surface area contributed by atoms with Crippen LogP contribution in [0.1, 0.15) is 47.5 Å². The molecule has 1 aromatic carbocycles. The average Bonchev–Trinajstić information content (AvgIpc) is 3.03. The highest BCUT2D eigenvalue weighted by Gasteiger charge is 2.23. The zero-order chi connectivity index (χ0) is 13.8. The Kier molecular flexibility index (Phi) is 4.16. The Balaban J connectivity index is 1.53. The number of hydrogen-bond donors (Lipinski definition) is 1. The molecule has 3 rings (SSSR count). The van der Waals surface area contributed by atoms with Gasteiger partial charge in [0.2, 0.25) is 0 Å². The van der Waals surface area contributed by atoms with Crippen LogP contribution in [0.5, 0.6) is 0 Å². The monoisotopic (exact) mass is 285 g/mol. The summed E-state index contributed by atoms with van der Waals surface area (Å²) in [6.45, 7) is 0. The van der Waals surface area contributed by atoms with Crippen LogP contribution >= 0.6 is 11.3 Å². The number of rotatable bonds is 3. The molecule has 0 bridgehead atoms. The van der Waals surface area contributed by atoms with Gasteiger partial charge in [0.15, 0.2) is 0 Å². The second-order valence-corrected chi connectivity index (χ2v) is 6.22. The van der Waals surface area contributed by atoms with Crippen LogP contribution < -0.4 is 5.32 Å². The van der Waals surface area contributed by atoms with Gasteiger partial charge in [-0.25, -0.2) is 0 Å². The Morgan fingerprint density at radius 3 is 2.45 bits per heavy atom. The first-order valence-corrected chi connectivity index (χ1v) is 8.15. The minimum absolute atomic E-state index is 0.0782. The number of carbonyl (C=O) groups excluding carboxylic acids is 1. The van der Waals surface area contributed by atoms with Crippen LogP contribution in [0.3, 0.4) is 0 Å². The van der Waals surface area contributed by atoms with E-state index in [1.54, 1.807) is 11.3 Å². The van der Waals surface area contributed by atoms with Gasteiger partial charge in [-0.15, -0.1) is 0 Å². The van der Waals surface area contributed by atoms with Crippen molar-refractivity contribution in [2.24, 2.45) is 0 Å². The maximum Gasteiger partial charge on any atom is 0.252 e. The molecule has 2 aromatic rings. The fourth-order valence-corrected chi connectivity index (χ4v) is 3.59. The van der Waals surface area contributed by atoms with Gasteiger partial charge in [0.05, 0.1) is 0 Å². The highest BCUT2D eigenvalue weighted by atomic mass is 32.1. The highest BCUT2D eigenvalue weighted by molar-refractivity contribution is 7.08. The van der Waals surface area contributed by atoms with Crippen LogP contribution in [0.15, 0.2) is 47.2 Å². The molecule has 1 aliphatic rings. The smallest absolute Gasteiger partial charge is 0.252 e. The first kappa shape index (κ1) is 13.4. The summed E-state index contributed by atoms with van der Waals surface area (Å²) in [6, 6.07) is 12.9. The lowest BCUT2D eigenvalue weighted by molar-refractivity contribution is 0.0926. The molecule has 1 saturated carbocycles. The van der Waals surface area contributed by atoms with Crippen molar-refractivity contribution in [2.75, 3.05) is 0 Å². The van der Waals surface area contributed by atoms with E-state index in [0.29, 0.717) is 12.0 Å². The molecule has 1 heterocycles. The lowest BCUT2D eigenvalue weighted by Gasteiger charge is -2.29. The third-order valence-electron chi connectivity index (χ3n) is 4.12. The molecule has 1 fully saturated rings. The second-order valence-electron chi connectivity index (χ2n) is 5.44. The van der Waals surface area contributed by atoms with Crippen molar-refractivity contribution in [3.05, 3.63) is 58.3 Å². The van der Waals surface area contributed by atoms with Crippen molar-refractivity contribution in [1.29, 1.82) is 0 Å². The minimum atomic E-state index is 0.0782. The van der Waals surface area contributed by atoms with Crippen molar-refractivity contribution >= 4 is 17.2 Å². The predicted molar refractivity (Wildman–Crippen MR) is 83.2 cm³/mol. The Bertz CT molecular complexity index is 542. The van der Waals surface area contributed by atoms with Crippen molar-refractivity contribution in [2.45, 2.75) is 37.6 Å². The summed E-state index contributed by atoms with van der Waals surface area (Å²) in [5, 5.41) is 7.01. The average molecular weight is 285 g/mol. The molecule has 1 aliphatic carbocycles. The number of carbonyl (C=O) groups is 1. The van der Waals surface area contributed by atoms with Crippen molar-refractivity contribution in [1.82, 2.24) is 5.32 Å². The summed E-state index contributed by atoms with van der Waals surface area (Å²) < 4.78 is 0. The Morgan fingerprint density at radius 2 is 1.80 bits per heavy atom. The third-order valence-corrected chi connectivity index (χ3v) is 4.80. The molecule has 0 aliphatic heterocycles. The molecular formula is C17H19NOS. The number of benzene rings is 1. The van der Waals surface area contributed by atoms with Crippen LogP contribution in [0.4, 0.5) is 0 Å². The topological polar surface area (TPSA) is 29.1 Å². The van der Waals surface area contributed by atoms with Crippen molar-refractivity contribution in [3.63, 3.8) is 0 Å². The molecule has 0 atom stereocenters. The van der Waals surface area contributed by atoms with Crippen LogP contribution in [-0.4, -0.2) is 11.9 Å². The molecule has 0 spiro atoms. The Labute approximate surface area is 123 Å². The first-order chi connectivity index (χ1) is 9.83. The van der Waals surface area contributed by atoms with Gasteiger partial charge in [-0.05, 0) is 48.6 Å². The van der Waals surface area contributed by atoms with Gasteiger partial charge >= 0.3 is 0 Å². The maximum atomic E-state index is 12.0. The fourth-order valence-electron chi connectivity index (χ4n) is 2.96. The normalized spacial score (nSPS) is 22.4. The quantitative estimate of drug-likeness (QED) is 0.899. The van der Waals surface area contributed by atoms with E-state index in [0.717, 1.165) is 18.4 Å². The SMILES string of the molecule is O=C(NC1CCC(c2ccccc2)CC1)c1ccsc1. The fraction of sp³-hybridized carbons (Fsp3) is 0.353. The largest absolute Gasteiger partial charge is 0.349 e. The summed E-state index contributed by atoms with van der Waals surface area (Å²) in [6.07, 6.45) is 4.49. The number of nitrogens with one attached hydrogen (secondary N) is 1. The molecule has 104 valence electrons. The number of hydrogen-bond acceptors (Lipinski definition) is 2. The van der Waals surface area contributed by atoms with E-state index in [1.165, 1.54) is 18.4 Å². The highest BCUT2D eigenvalue weighted by Crippen LogP contribution is 2.32. The van der Waals surface area contributed by atoms with E-state index in [-0.39, 0.29) is 5.91 Å². The summed E-state index contributed by atoms with van der Waals surface area (Å²) >= 11 is 1.57. The summed E-state index contributed by atoms with van der Waals surface area (Å²) in [5.74, 6) is 0.736. The molecule has 0 saturated heterocycles. The van der Waals surface area contributed by atoms with Gasteiger partial charge in [0.25, 0.3) is 5.91 Å². The molecule has 20 heavy (non-hydrogen) atoms. The van der Waals surface area contributed by atoms with Crippen molar-refractivity contribution < 1.29 is 4.79 Å². The number of thiophene rings is 1. The van der Waals surface area contributed by atoms with E-state index < -0.39 is 0 Å². The van der Waals surface area contributed by atoms with Gasteiger partial charge in [0.1, 0.15) is 0 Å². The van der Waals surface area contributed by atoms with Gasteiger partial charge in [-0.3, -0.25) is 4.79 Å².